The Morgan fingerprint density at radius 1 is 1.00 bits per heavy atom. The second kappa shape index (κ2) is 8.46. The minimum atomic E-state index is -0.214. The van der Waals surface area contributed by atoms with E-state index in [4.69, 9.17) is 23.9 Å². The number of ether oxygens (including phenoxy) is 4. The number of hydrogen-bond acceptors (Lipinski definition) is 7. The Morgan fingerprint density at radius 3 is 2.37 bits per heavy atom. The minimum absolute atomic E-state index is 0.160. The van der Waals surface area contributed by atoms with Gasteiger partial charge >= 0.3 is 0 Å². The van der Waals surface area contributed by atoms with Crippen LogP contribution < -0.4 is 24.3 Å². The summed E-state index contributed by atoms with van der Waals surface area (Å²) in [5.74, 6) is 2.33. The second-order valence-corrected chi connectivity index (χ2v) is 9.51. The largest absolute Gasteiger partial charge is 0.493 e. The standard InChI is InChI=1S/C27H29N3O5/c1-27(2,30(3)4)13-29-26(31)18-7-15-8-21(32-5)22(33-6)9-16(15)19-12-28-20-11-24-23(34-14-35-24)10-17(20)25(18)19/h7-12H,13-14H2,1-6H3,(H,29,31). The van der Waals surface area contributed by atoms with Crippen LogP contribution in [0.3, 0.4) is 0 Å². The van der Waals surface area contributed by atoms with Crippen LogP contribution >= 0.6 is 0 Å². The van der Waals surface area contributed by atoms with Crippen molar-refractivity contribution in [2.45, 2.75) is 19.4 Å². The van der Waals surface area contributed by atoms with Gasteiger partial charge in [0.15, 0.2) is 23.0 Å². The third kappa shape index (κ3) is 3.83. The molecule has 0 radical (unpaired) electrons. The van der Waals surface area contributed by atoms with Gasteiger partial charge in [0.25, 0.3) is 5.91 Å². The van der Waals surface area contributed by atoms with Gasteiger partial charge in [0.1, 0.15) is 0 Å². The number of carbonyl (C=O) groups is 1. The zero-order valence-corrected chi connectivity index (χ0v) is 20.8. The molecule has 0 saturated heterocycles. The number of amides is 1. The highest BCUT2D eigenvalue weighted by Gasteiger charge is 2.24. The normalized spacial score (nSPS) is 13.1. The summed E-state index contributed by atoms with van der Waals surface area (Å²) in [6.07, 6.45) is 1.80. The SMILES string of the molecule is COc1cc2cc(C(=O)NCC(C)(C)N(C)C)c3c4cc5c(cc4ncc3c2cc1OC)OCO5. The smallest absolute Gasteiger partial charge is 0.252 e. The molecule has 0 aliphatic carbocycles. The molecule has 0 atom stereocenters. The highest BCUT2D eigenvalue weighted by atomic mass is 16.7. The molecular weight excluding hydrogens is 446 g/mol. The van der Waals surface area contributed by atoms with Crippen molar-refractivity contribution in [3.63, 3.8) is 0 Å². The highest BCUT2D eigenvalue weighted by Crippen LogP contribution is 2.42. The molecule has 8 heteroatoms. The van der Waals surface area contributed by atoms with Crippen LogP contribution in [-0.4, -0.2) is 63.0 Å². The van der Waals surface area contributed by atoms with Gasteiger partial charge in [-0.05, 0) is 63.0 Å². The molecule has 1 amide bonds. The Kier molecular flexibility index (Phi) is 5.56. The van der Waals surface area contributed by atoms with Gasteiger partial charge in [-0.15, -0.1) is 0 Å². The molecule has 0 spiro atoms. The zero-order valence-electron chi connectivity index (χ0n) is 20.8. The van der Waals surface area contributed by atoms with Gasteiger partial charge in [-0.25, -0.2) is 0 Å². The maximum Gasteiger partial charge on any atom is 0.252 e. The highest BCUT2D eigenvalue weighted by molar-refractivity contribution is 6.24. The maximum atomic E-state index is 13.7. The molecule has 1 aliphatic heterocycles. The van der Waals surface area contributed by atoms with E-state index < -0.39 is 0 Å². The van der Waals surface area contributed by atoms with E-state index >= 15 is 0 Å². The average Bonchev–Trinajstić information content (AvgIpc) is 3.31. The second-order valence-electron chi connectivity index (χ2n) is 9.51. The molecule has 1 aromatic heterocycles. The zero-order chi connectivity index (χ0) is 24.9. The van der Waals surface area contributed by atoms with Crippen LogP contribution in [0.15, 0.2) is 36.5 Å². The molecule has 1 N–H and O–H groups in total. The van der Waals surface area contributed by atoms with E-state index in [2.05, 4.69) is 24.1 Å². The van der Waals surface area contributed by atoms with E-state index in [0.717, 1.165) is 32.4 Å². The first-order valence-corrected chi connectivity index (χ1v) is 11.4. The molecule has 0 bridgehead atoms. The molecule has 0 fully saturated rings. The summed E-state index contributed by atoms with van der Waals surface area (Å²) < 4.78 is 22.3. The summed E-state index contributed by atoms with van der Waals surface area (Å²) in [6.45, 7) is 4.82. The summed E-state index contributed by atoms with van der Waals surface area (Å²) in [7, 11) is 7.20. The van der Waals surface area contributed by atoms with Crippen molar-refractivity contribution >= 4 is 38.4 Å². The van der Waals surface area contributed by atoms with Crippen molar-refractivity contribution in [2.75, 3.05) is 41.7 Å². The number of benzene rings is 3. The fourth-order valence-corrected chi connectivity index (χ4v) is 4.28. The molecule has 1 aliphatic rings. The third-order valence-electron chi connectivity index (χ3n) is 6.91. The first-order valence-electron chi connectivity index (χ1n) is 11.4. The van der Waals surface area contributed by atoms with Crippen LogP contribution in [-0.2, 0) is 0 Å². The van der Waals surface area contributed by atoms with Crippen LogP contribution in [0.4, 0.5) is 0 Å². The van der Waals surface area contributed by atoms with Crippen LogP contribution in [0, 0.1) is 0 Å². The van der Waals surface area contributed by atoms with Gasteiger partial charge in [-0.2, -0.15) is 0 Å². The Balaban J connectivity index is 1.79. The number of rotatable bonds is 6. The first-order chi connectivity index (χ1) is 16.7. The van der Waals surface area contributed by atoms with Crippen molar-refractivity contribution in [3.8, 4) is 23.0 Å². The van der Waals surface area contributed by atoms with E-state index in [-0.39, 0.29) is 18.2 Å². The number of aromatic nitrogens is 1. The predicted molar refractivity (Wildman–Crippen MR) is 136 cm³/mol. The van der Waals surface area contributed by atoms with Crippen molar-refractivity contribution in [3.05, 3.63) is 42.1 Å². The Labute approximate surface area is 203 Å². The van der Waals surface area contributed by atoms with Gasteiger partial charge in [-0.3, -0.25) is 9.78 Å². The molecule has 4 aromatic rings. The fraction of sp³-hybridized carbons (Fsp3) is 0.333. The fourth-order valence-electron chi connectivity index (χ4n) is 4.28. The third-order valence-corrected chi connectivity index (χ3v) is 6.91. The van der Waals surface area contributed by atoms with Crippen molar-refractivity contribution in [2.24, 2.45) is 0 Å². The number of fused-ring (bicyclic) bond motifs is 6. The van der Waals surface area contributed by atoms with Crippen LogP contribution in [0.2, 0.25) is 0 Å². The molecule has 0 unspecified atom stereocenters. The lowest BCUT2D eigenvalue weighted by atomic mass is 9.94. The van der Waals surface area contributed by atoms with Gasteiger partial charge in [0.05, 0.1) is 19.7 Å². The molecule has 3 aromatic carbocycles. The summed E-state index contributed by atoms with van der Waals surface area (Å²) in [6, 6.07) is 9.47. The lowest BCUT2D eigenvalue weighted by molar-refractivity contribution is 0.0921. The van der Waals surface area contributed by atoms with E-state index in [1.165, 1.54) is 0 Å². The number of carbonyl (C=O) groups excluding carboxylic acids is 1. The van der Waals surface area contributed by atoms with E-state index in [0.29, 0.717) is 35.1 Å². The van der Waals surface area contributed by atoms with Gasteiger partial charge in [0, 0.05) is 46.1 Å². The molecule has 0 saturated carbocycles. The molecular formula is C27H29N3O5. The topological polar surface area (TPSA) is 82.2 Å². The van der Waals surface area contributed by atoms with Crippen LogP contribution in [0.1, 0.15) is 24.2 Å². The van der Waals surface area contributed by atoms with Crippen molar-refractivity contribution in [1.82, 2.24) is 15.2 Å². The molecule has 35 heavy (non-hydrogen) atoms. The lowest BCUT2D eigenvalue weighted by Gasteiger charge is -2.32. The number of nitrogens with one attached hydrogen (secondary N) is 1. The Bertz CT molecular complexity index is 1480. The molecule has 2 heterocycles. The molecule has 182 valence electrons. The number of nitrogens with zero attached hydrogens (tertiary/aromatic N) is 2. The lowest BCUT2D eigenvalue weighted by Crippen LogP contribution is -2.48. The van der Waals surface area contributed by atoms with Gasteiger partial charge in [0.2, 0.25) is 6.79 Å². The number of pyridine rings is 1. The summed E-state index contributed by atoms with van der Waals surface area (Å²) >= 11 is 0. The van der Waals surface area contributed by atoms with Gasteiger partial charge < -0.3 is 29.2 Å². The van der Waals surface area contributed by atoms with Gasteiger partial charge in [-0.1, -0.05) is 0 Å². The summed E-state index contributed by atoms with van der Waals surface area (Å²) in [5.41, 5.74) is 1.07. The predicted octanol–water partition coefficient (Wildman–Crippen LogP) is 4.36. The molecule has 8 nitrogen and oxygen atoms in total. The van der Waals surface area contributed by atoms with E-state index in [1.807, 2.05) is 44.4 Å². The number of hydrogen-bond donors (Lipinski definition) is 1. The van der Waals surface area contributed by atoms with E-state index in [9.17, 15) is 4.79 Å². The average molecular weight is 476 g/mol. The minimum Gasteiger partial charge on any atom is -0.493 e. The number of likely N-dealkylation sites (N-methyl/N-ethyl adjacent to an activating group) is 1. The Hall–Kier alpha value is -3.78. The van der Waals surface area contributed by atoms with Crippen LogP contribution in [0.5, 0.6) is 23.0 Å². The van der Waals surface area contributed by atoms with Crippen LogP contribution in [0.25, 0.3) is 32.4 Å². The molecule has 5 rings (SSSR count). The van der Waals surface area contributed by atoms with Crippen molar-refractivity contribution < 1.29 is 23.7 Å². The first kappa shape index (κ1) is 23.0. The quantitative estimate of drug-likeness (QED) is 0.415. The van der Waals surface area contributed by atoms with E-state index in [1.54, 1.807) is 20.4 Å². The van der Waals surface area contributed by atoms with Crippen molar-refractivity contribution in [1.29, 1.82) is 0 Å². The summed E-state index contributed by atoms with van der Waals surface area (Å²) in [4.78, 5) is 20.4. The maximum absolute atomic E-state index is 13.7. The summed E-state index contributed by atoms with van der Waals surface area (Å²) in [5, 5.41) is 7.36. The monoisotopic (exact) mass is 475 g/mol. The Morgan fingerprint density at radius 2 is 1.69 bits per heavy atom. The number of methoxy groups -OCH3 is 2.